The van der Waals surface area contributed by atoms with Crippen molar-refractivity contribution in [3.63, 3.8) is 0 Å². The van der Waals surface area contributed by atoms with Gasteiger partial charge in [0.05, 0.1) is 16.7 Å². The number of aromatic nitrogens is 3. The quantitative estimate of drug-likeness (QED) is 0.234. The molecule has 0 radical (unpaired) electrons. The number of nitrogens with zero attached hydrogens (tertiary/aromatic N) is 3. The Kier molecular flexibility index (Phi) is 8.26. The molecule has 2 aromatic heterocycles. The highest BCUT2D eigenvalue weighted by Gasteiger charge is 2.28. The van der Waals surface area contributed by atoms with Crippen molar-refractivity contribution in [1.82, 2.24) is 19.0 Å². The predicted octanol–water partition coefficient (Wildman–Crippen LogP) is 4.98. The van der Waals surface area contributed by atoms with Crippen molar-refractivity contribution < 1.29 is 9.53 Å². The van der Waals surface area contributed by atoms with Gasteiger partial charge in [0.2, 0.25) is 5.91 Å². The van der Waals surface area contributed by atoms with Crippen LogP contribution in [0, 0.1) is 0 Å². The van der Waals surface area contributed by atoms with Crippen LogP contribution >= 0.6 is 0 Å². The Morgan fingerprint density at radius 2 is 1.81 bits per heavy atom. The maximum absolute atomic E-state index is 13.4. The number of carbonyl (C=O) groups is 1. The molecular formula is C34H39N5O3. The summed E-state index contributed by atoms with van der Waals surface area (Å²) in [5.74, 6) is 0.422. The number of nitrogens with two attached hydrogens (primary N) is 1. The first kappa shape index (κ1) is 28.0. The number of carbonyl (C=O) groups excluding carboxylic acids is 1. The topological polar surface area (TPSA) is 98.3 Å². The molecule has 0 spiro atoms. The van der Waals surface area contributed by atoms with Gasteiger partial charge in [-0.2, -0.15) is 0 Å². The van der Waals surface area contributed by atoms with Gasteiger partial charge in [0.1, 0.15) is 0 Å². The second-order valence-electron chi connectivity index (χ2n) is 11.4. The lowest BCUT2D eigenvalue weighted by molar-refractivity contribution is -0.132. The number of ether oxygens (including phenoxy) is 1. The first-order valence-corrected chi connectivity index (χ1v) is 14.9. The van der Waals surface area contributed by atoms with Crippen molar-refractivity contribution in [1.29, 1.82) is 0 Å². The van der Waals surface area contributed by atoms with E-state index in [1.807, 2.05) is 53.4 Å². The number of nitrogens with one attached hydrogen (secondary N) is 1. The van der Waals surface area contributed by atoms with Crippen molar-refractivity contribution in [2.75, 3.05) is 26.8 Å². The molecule has 0 aliphatic carbocycles. The maximum Gasteiger partial charge on any atom is 0.331 e. The zero-order chi connectivity index (χ0) is 29.1. The van der Waals surface area contributed by atoms with Crippen LogP contribution in [0.2, 0.25) is 0 Å². The third kappa shape index (κ3) is 5.78. The van der Waals surface area contributed by atoms with E-state index in [1.165, 1.54) is 16.6 Å². The van der Waals surface area contributed by atoms with E-state index in [1.54, 1.807) is 11.7 Å². The van der Waals surface area contributed by atoms with E-state index in [4.69, 9.17) is 10.5 Å². The van der Waals surface area contributed by atoms with Crippen LogP contribution in [-0.2, 0) is 22.5 Å². The van der Waals surface area contributed by atoms with Gasteiger partial charge in [0.15, 0.2) is 0 Å². The minimum Gasteiger partial charge on any atom is -0.385 e. The summed E-state index contributed by atoms with van der Waals surface area (Å²) in [7, 11) is 1.74. The molecule has 3 aromatic carbocycles. The molecule has 8 heteroatoms. The summed E-state index contributed by atoms with van der Waals surface area (Å²) < 4.78 is 9.41. The molecule has 1 aliphatic heterocycles. The van der Waals surface area contributed by atoms with Gasteiger partial charge in [-0.05, 0) is 73.0 Å². The molecule has 1 amide bonds. The molecular weight excluding hydrogens is 526 g/mol. The molecule has 218 valence electrons. The van der Waals surface area contributed by atoms with Crippen LogP contribution in [0.5, 0.6) is 0 Å². The predicted molar refractivity (Wildman–Crippen MR) is 167 cm³/mol. The number of fused-ring (bicyclic) bond motifs is 2. The Balaban J connectivity index is 1.10. The van der Waals surface area contributed by atoms with E-state index < -0.39 is 0 Å². The fraction of sp³-hybridized carbons (Fsp3) is 0.353. The summed E-state index contributed by atoms with van der Waals surface area (Å²) in [5.41, 5.74) is 12.4. The van der Waals surface area contributed by atoms with Gasteiger partial charge in [-0.1, -0.05) is 42.5 Å². The number of H-pyrrole nitrogens is 1. The summed E-state index contributed by atoms with van der Waals surface area (Å²) in [4.78, 5) is 30.9. The SMILES string of the molecule is COCCCn1c(C2CCCN(C(=O)CC(N)Cc3ccc(-n4c(=O)[nH]c5ccccc54)cc3)C2)cc2ccccc21. The van der Waals surface area contributed by atoms with Crippen LogP contribution < -0.4 is 11.4 Å². The van der Waals surface area contributed by atoms with Gasteiger partial charge in [-0.15, -0.1) is 0 Å². The molecule has 5 aromatic rings. The molecule has 0 bridgehead atoms. The number of aromatic amines is 1. The lowest BCUT2D eigenvalue weighted by atomic mass is 9.93. The second kappa shape index (κ2) is 12.4. The van der Waals surface area contributed by atoms with E-state index in [0.717, 1.165) is 67.8 Å². The fourth-order valence-corrected chi connectivity index (χ4v) is 6.45. The Hall–Kier alpha value is -4.14. The average molecular weight is 566 g/mol. The monoisotopic (exact) mass is 565 g/mol. The van der Waals surface area contributed by atoms with Crippen molar-refractivity contribution in [3.05, 3.63) is 101 Å². The number of methoxy groups -OCH3 is 1. The molecule has 42 heavy (non-hydrogen) atoms. The molecule has 2 unspecified atom stereocenters. The smallest absolute Gasteiger partial charge is 0.331 e. The molecule has 1 aliphatic rings. The van der Waals surface area contributed by atoms with Gasteiger partial charge in [-0.25, -0.2) is 4.79 Å². The lowest BCUT2D eigenvalue weighted by Crippen LogP contribution is -2.42. The van der Waals surface area contributed by atoms with E-state index in [2.05, 4.69) is 39.9 Å². The molecule has 6 rings (SSSR count). The Bertz CT molecular complexity index is 1730. The van der Waals surface area contributed by atoms with Gasteiger partial charge >= 0.3 is 5.69 Å². The van der Waals surface area contributed by atoms with Gasteiger partial charge in [0.25, 0.3) is 0 Å². The number of imidazole rings is 1. The highest BCUT2D eigenvalue weighted by Crippen LogP contribution is 2.32. The van der Waals surface area contributed by atoms with Crippen molar-refractivity contribution in [3.8, 4) is 5.69 Å². The first-order chi connectivity index (χ1) is 20.5. The third-order valence-electron chi connectivity index (χ3n) is 8.48. The molecule has 3 heterocycles. The normalized spacial score (nSPS) is 16.3. The maximum atomic E-state index is 13.4. The van der Waals surface area contributed by atoms with Crippen LogP contribution in [-0.4, -0.2) is 57.8 Å². The van der Waals surface area contributed by atoms with Crippen LogP contribution in [0.15, 0.2) is 83.7 Å². The molecule has 1 saturated heterocycles. The number of rotatable bonds is 10. The standard InChI is InChI=1S/C34H39N5O3/c1-42-19-7-18-38-30-11-4-2-8-25(30)21-32(38)26-9-6-17-37(23-26)33(40)22-27(35)20-24-13-15-28(16-14-24)39-31-12-5-3-10-29(31)36-34(39)41/h2-5,8,10-16,21,26-27H,6-7,9,17-20,22-23,35H2,1H3,(H,36,41). The van der Waals surface area contributed by atoms with Crippen LogP contribution in [0.3, 0.4) is 0 Å². The van der Waals surface area contributed by atoms with Gasteiger partial charge < -0.3 is 24.9 Å². The van der Waals surface area contributed by atoms with Crippen LogP contribution in [0.1, 0.15) is 42.9 Å². The number of piperidine rings is 1. The van der Waals surface area contributed by atoms with Crippen molar-refractivity contribution in [2.24, 2.45) is 5.73 Å². The number of hydrogen-bond acceptors (Lipinski definition) is 4. The number of para-hydroxylation sites is 3. The van der Waals surface area contributed by atoms with E-state index in [9.17, 15) is 9.59 Å². The number of likely N-dealkylation sites (tertiary alicyclic amines) is 1. The number of benzene rings is 3. The van der Waals surface area contributed by atoms with Gasteiger partial charge in [-0.3, -0.25) is 9.36 Å². The van der Waals surface area contributed by atoms with Crippen molar-refractivity contribution >= 4 is 27.8 Å². The molecule has 1 fully saturated rings. The molecule has 3 N–H and O–H groups in total. The summed E-state index contributed by atoms with van der Waals surface area (Å²) >= 11 is 0. The molecule has 0 saturated carbocycles. The summed E-state index contributed by atoms with van der Waals surface area (Å²) in [6, 6.07) is 26.1. The zero-order valence-corrected chi connectivity index (χ0v) is 24.2. The first-order valence-electron chi connectivity index (χ1n) is 14.9. The number of amides is 1. The second-order valence-corrected chi connectivity index (χ2v) is 11.4. The largest absolute Gasteiger partial charge is 0.385 e. The highest BCUT2D eigenvalue weighted by atomic mass is 16.5. The Labute approximate surface area is 245 Å². The van der Waals surface area contributed by atoms with E-state index in [-0.39, 0.29) is 17.6 Å². The fourth-order valence-electron chi connectivity index (χ4n) is 6.45. The van der Waals surface area contributed by atoms with Crippen LogP contribution in [0.25, 0.3) is 27.6 Å². The van der Waals surface area contributed by atoms with Crippen molar-refractivity contribution in [2.45, 2.75) is 50.6 Å². The minimum atomic E-state index is -0.278. The Morgan fingerprint density at radius 1 is 1.05 bits per heavy atom. The van der Waals surface area contributed by atoms with E-state index in [0.29, 0.717) is 18.8 Å². The van der Waals surface area contributed by atoms with Gasteiger partial charge in [0, 0.05) is 62.9 Å². The number of aryl methyl sites for hydroxylation is 1. The lowest BCUT2D eigenvalue weighted by Gasteiger charge is -2.34. The van der Waals surface area contributed by atoms with Crippen LogP contribution in [0.4, 0.5) is 0 Å². The van der Waals surface area contributed by atoms with E-state index >= 15 is 0 Å². The molecule has 2 atom stereocenters. The highest BCUT2D eigenvalue weighted by molar-refractivity contribution is 5.82. The third-order valence-corrected chi connectivity index (χ3v) is 8.48. The molecule has 8 nitrogen and oxygen atoms in total. The minimum absolute atomic E-state index is 0.121. The average Bonchev–Trinajstić information content (AvgIpc) is 3.55. The Morgan fingerprint density at radius 3 is 2.62 bits per heavy atom. The summed E-state index contributed by atoms with van der Waals surface area (Å²) in [6.07, 6.45) is 3.92. The summed E-state index contributed by atoms with van der Waals surface area (Å²) in [5, 5.41) is 1.25. The summed E-state index contributed by atoms with van der Waals surface area (Å²) in [6.45, 7) is 3.13. The number of hydrogen-bond donors (Lipinski definition) is 2. The zero-order valence-electron chi connectivity index (χ0n) is 24.2.